The van der Waals surface area contributed by atoms with E-state index in [4.69, 9.17) is 27.9 Å². The van der Waals surface area contributed by atoms with Crippen LogP contribution in [0.15, 0.2) is 72.8 Å². The number of nitrogens with zero attached hydrogens (tertiary/aromatic N) is 2. The molecular weight excluding hydrogens is 549 g/mol. The number of halogens is 2. The molecule has 0 spiro atoms. The lowest BCUT2D eigenvalue weighted by Gasteiger charge is -2.33. The SMILES string of the molecule is CNC(=O)[C@@H](Cc1ccccc1)N(Cc1ccc(Cl)cc1Cl)C(=O)CN(c1ccccc1OC)S(C)(=O)=O. The van der Waals surface area contributed by atoms with Crippen molar-refractivity contribution in [1.29, 1.82) is 0 Å². The summed E-state index contributed by atoms with van der Waals surface area (Å²) in [4.78, 5) is 28.4. The van der Waals surface area contributed by atoms with Gasteiger partial charge in [0.1, 0.15) is 18.3 Å². The Morgan fingerprint density at radius 3 is 2.26 bits per heavy atom. The molecule has 11 heteroatoms. The number of sulfonamides is 1. The first-order valence-corrected chi connectivity index (χ1v) is 14.2. The van der Waals surface area contributed by atoms with Crippen molar-refractivity contribution in [1.82, 2.24) is 10.2 Å². The lowest BCUT2D eigenvalue weighted by Crippen LogP contribution is -2.53. The molecule has 0 aliphatic rings. The Labute approximate surface area is 233 Å². The molecule has 3 rings (SSSR count). The van der Waals surface area contributed by atoms with E-state index in [-0.39, 0.29) is 24.4 Å². The third-order valence-electron chi connectivity index (χ3n) is 5.91. The lowest BCUT2D eigenvalue weighted by molar-refractivity contribution is -0.139. The Morgan fingerprint density at radius 1 is 1.00 bits per heavy atom. The molecular formula is C27H29Cl2N3O5S. The van der Waals surface area contributed by atoms with Crippen LogP contribution >= 0.6 is 23.2 Å². The van der Waals surface area contributed by atoms with E-state index in [9.17, 15) is 18.0 Å². The minimum absolute atomic E-state index is 0.0523. The van der Waals surface area contributed by atoms with Gasteiger partial charge in [-0.15, -0.1) is 0 Å². The van der Waals surface area contributed by atoms with Crippen molar-refractivity contribution in [3.8, 4) is 5.75 Å². The topological polar surface area (TPSA) is 96.0 Å². The van der Waals surface area contributed by atoms with E-state index < -0.39 is 34.4 Å². The first-order chi connectivity index (χ1) is 18.0. The molecule has 0 radical (unpaired) electrons. The van der Waals surface area contributed by atoms with Crippen LogP contribution in [0.3, 0.4) is 0 Å². The van der Waals surface area contributed by atoms with E-state index in [1.165, 1.54) is 19.1 Å². The number of hydrogen-bond donors (Lipinski definition) is 1. The smallest absolute Gasteiger partial charge is 0.244 e. The van der Waals surface area contributed by atoms with E-state index in [0.29, 0.717) is 15.6 Å². The van der Waals surface area contributed by atoms with Crippen molar-refractivity contribution in [3.05, 3.63) is 94.0 Å². The second kappa shape index (κ2) is 13.0. The molecule has 8 nitrogen and oxygen atoms in total. The van der Waals surface area contributed by atoms with Crippen LogP contribution in [0, 0.1) is 0 Å². The molecule has 0 heterocycles. The number of nitrogens with one attached hydrogen (secondary N) is 1. The highest BCUT2D eigenvalue weighted by Crippen LogP contribution is 2.30. The number of carbonyl (C=O) groups is 2. The molecule has 0 bridgehead atoms. The fourth-order valence-electron chi connectivity index (χ4n) is 3.98. The summed E-state index contributed by atoms with van der Waals surface area (Å²) in [7, 11) is -1.02. The van der Waals surface area contributed by atoms with Crippen LogP contribution in [0.25, 0.3) is 0 Å². The molecule has 0 aliphatic carbocycles. The molecule has 38 heavy (non-hydrogen) atoms. The third kappa shape index (κ3) is 7.40. The van der Waals surface area contributed by atoms with Crippen LogP contribution < -0.4 is 14.4 Å². The average molecular weight is 579 g/mol. The van der Waals surface area contributed by atoms with Crippen LogP contribution in [0.1, 0.15) is 11.1 Å². The van der Waals surface area contributed by atoms with Gasteiger partial charge in [-0.25, -0.2) is 8.42 Å². The maximum absolute atomic E-state index is 13.9. The summed E-state index contributed by atoms with van der Waals surface area (Å²) < 4.78 is 32.0. The quantitative estimate of drug-likeness (QED) is 0.369. The van der Waals surface area contributed by atoms with Crippen molar-refractivity contribution >= 4 is 50.7 Å². The number of anilines is 1. The van der Waals surface area contributed by atoms with E-state index in [1.54, 1.807) is 42.5 Å². The number of likely N-dealkylation sites (N-methyl/N-ethyl adjacent to an activating group) is 1. The highest BCUT2D eigenvalue weighted by atomic mass is 35.5. The molecule has 0 saturated heterocycles. The van der Waals surface area contributed by atoms with Gasteiger partial charge in [-0.3, -0.25) is 13.9 Å². The van der Waals surface area contributed by atoms with Gasteiger partial charge in [-0.2, -0.15) is 0 Å². The minimum Gasteiger partial charge on any atom is -0.495 e. The van der Waals surface area contributed by atoms with Crippen molar-refractivity contribution in [3.63, 3.8) is 0 Å². The largest absolute Gasteiger partial charge is 0.495 e. The zero-order chi connectivity index (χ0) is 27.9. The van der Waals surface area contributed by atoms with Crippen LogP contribution in [-0.4, -0.2) is 58.1 Å². The Bertz CT molecular complexity index is 1390. The van der Waals surface area contributed by atoms with E-state index >= 15 is 0 Å². The number of carbonyl (C=O) groups excluding carboxylic acids is 2. The van der Waals surface area contributed by atoms with Gasteiger partial charge in [0, 0.05) is 30.1 Å². The third-order valence-corrected chi connectivity index (χ3v) is 7.62. The standard InChI is InChI=1S/C27H29Cl2N3O5S/c1-30-27(34)24(15-19-9-5-4-6-10-19)31(17-20-13-14-21(28)16-22(20)29)26(33)18-32(38(3,35)36)23-11-7-8-12-25(23)37-2/h4-14,16,24H,15,17-18H2,1-3H3,(H,30,34)/t24-/m1/s1. The monoisotopic (exact) mass is 577 g/mol. The Balaban J connectivity index is 2.07. The molecule has 0 saturated carbocycles. The van der Waals surface area contributed by atoms with E-state index in [1.807, 2.05) is 30.3 Å². The van der Waals surface area contributed by atoms with Gasteiger partial charge in [0.25, 0.3) is 0 Å². The van der Waals surface area contributed by atoms with Gasteiger partial charge in [-0.1, -0.05) is 71.7 Å². The summed E-state index contributed by atoms with van der Waals surface area (Å²) in [6.07, 6.45) is 1.21. The zero-order valence-corrected chi connectivity index (χ0v) is 23.6. The number of ether oxygens (including phenoxy) is 1. The van der Waals surface area contributed by atoms with Crippen LogP contribution in [0.5, 0.6) is 5.75 Å². The van der Waals surface area contributed by atoms with Crippen molar-refractivity contribution in [2.24, 2.45) is 0 Å². The molecule has 3 aromatic rings. The molecule has 0 aliphatic heterocycles. The maximum atomic E-state index is 13.9. The number of benzene rings is 3. The lowest BCUT2D eigenvalue weighted by atomic mass is 10.0. The molecule has 0 unspecified atom stereocenters. The normalized spacial score (nSPS) is 11.9. The van der Waals surface area contributed by atoms with Gasteiger partial charge in [0.2, 0.25) is 21.8 Å². The molecule has 202 valence electrons. The highest BCUT2D eigenvalue weighted by Gasteiger charge is 2.33. The molecule has 0 aromatic heterocycles. The summed E-state index contributed by atoms with van der Waals surface area (Å²) in [5.41, 5.74) is 1.58. The van der Waals surface area contributed by atoms with Crippen molar-refractivity contribution in [2.45, 2.75) is 19.0 Å². The summed E-state index contributed by atoms with van der Waals surface area (Å²) in [6, 6.07) is 19.6. The van der Waals surface area contributed by atoms with Crippen molar-refractivity contribution in [2.75, 3.05) is 31.3 Å². The van der Waals surface area contributed by atoms with Crippen LogP contribution in [0.4, 0.5) is 5.69 Å². The van der Waals surface area contributed by atoms with Gasteiger partial charge >= 0.3 is 0 Å². The fourth-order valence-corrected chi connectivity index (χ4v) is 5.31. The van der Waals surface area contributed by atoms with E-state index in [0.717, 1.165) is 16.1 Å². The summed E-state index contributed by atoms with van der Waals surface area (Å²) in [5, 5.41) is 3.36. The number of hydrogen-bond acceptors (Lipinski definition) is 5. The van der Waals surface area contributed by atoms with Gasteiger partial charge in [0.05, 0.1) is 19.1 Å². The number of methoxy groups -OCH3 is 1. The summed E-state index contributed by atoms with van der Waals surface area (Å²) in [5.74, 6) is -0.725. The van der Waals surface area contributed by atoms with E-state index in [2.05, 4.69) is 5.32 Å². The predicted molar refractivity (Wildman–Crippen MR) is 150 cm³/mol. The fraction of sp³-hybridized carbons (Fsp3) is 0.259. The first-order valence-electron chi connectivity index (χ1n) is 11.6. The second-order valence-electron chi connectivity index (χ2n) is 8.52. The zero-order valence-electron chi connectivity index (χ0n) is 21.2. The summed E-state index contributed by atoms with van der Waals surface area (Å²) in [6.45, 7) is -0.615. The molecule has 3 aromatic carbocycles. The molecule has 1 atom stereocenters. The van der Waals surface area contributed by atoms with Gasteiger partial charge in [-0.05, 0) is 35.4 Å². The van der Waals surface area contributed by atoms with Gasteiger partial charge < -0.3 is 15.0 Å². The highest BCUT2D eigenvalue weighted by molar-refractivity contribution is 7.92. The Morgan fingerprint density at radius 2 is 1.66 bits per heavy atom. The number of para-hydroxylation sites is 2. The average Bonchev–Trinajstić information content (AvgIpc) is 2.89. The van der Waals surface area contributed by atoms with Crippen LogP contribution in [0.2, 0.25) is 10.0 Å². The number of rotatable bonds is 11. The first kappa shape index (κ1) is 29.3. The minimum atomic E-state index is -3.91. The number of amides is 2. The van der Waals surface area contributed by atoms with Crippen molar-refractivity contribution < 1.29 is 22.7 Å². The predicted octanol–water partition coefficient (Wildman–Crippen LogP) is 4.15. The van der Waals surface area contributed by atoms with Crippen LogP contribution in [-0.2, 0) is 32.6 Å². The Kier molecular flexibility index (Phi) is 10.0. The van der Waals surface area contributed by atoms with Gasteiger partial charge in [0.15, 0.2) is 0 Å². The molecule has 0 fully saturated rings. The second-order valence-corrected chi connectivity index (χ2v) is 11.3. The summed E-state index contributed by atoms with van der Waals surface area (Å²) >= 11 is 12.5. The Hall–Kier alpha value is -3.27. The maximum Gasteiger partial charge on any atom is 0.244 e. The molecule has 1 N–H and O–H groups in total. The molecule has 2 amide bonds.